The molecule has 4 rings (SSSR count). The van der Waals surface area contributed by atoms with Crippen molar-refractivity contribution in [2.24, 2.45) is 10.9 Å². The van der Waals surface area contributed by atoms with Gasteiger partial charge in [0.15, 0.2) is 5.96 Å². The summed E-state index contributed by atoms with van der Waals surface area (Å²) in [6.45, 7) is 5.85. The molecule has 0 radical (unpaired) electrons. The molecule has 6 nitrogen and oxygen atoms in total. The number of nitrogens with one attached hydrogen (secondary N) is 2. The highest BCUT2D eigenvalue weighted by Crippen LogP contribution is 2.25. The minimum atomic E-state index is 0.518. The molecule has 162 valence electrons. The molecule has 1 saturated carbocycles. The molecule has 1 aliphatic carbocycles. The van der Waals surface area contributed by atoms with Crippen molar-refractivity contribution in [2.45, 2.75) is 69.9 Å². The number of aliphatic imine (C=N–C) groups is 1. The number of nitrogens with zero attached hydrogens (tertiary/aromatic N) is 2. The van der Waals surface area contributed by atoms with Crippen molar-refractivity contribution in [1.82, 2.24) is 15.5 Å². The second-order valence-corrected chi connectivity index (χ2v) is 8.92. The molecule has 1 atom stereocenters. The van der Waals surface area contributed by atoms with Crippen LogP contribution < -0.4 is 10.6 Å². The smallest absolute Gasteiger partial charge is 0.191 e. The lowest BCUT2D eigenvalue weighted by molar-refractivity contribution is 0.119. The van der Waals surface area contributed by atoms with Crippen LogP contribution in [0.5, 0.6) is 0 Å². The van der Waals surface area contributed by atoms with Gasteiger partial charge in [-0.3, -0.25) is 4.99 Å². The second kappa shape index (κ2) is 11.0. The number of furan rings is 1. The molecule has 1 aromatic heterocycles. The van der Waals surface area contributed by atoms with Crippen LogP contribution in [0, 0.1) is 5.92 Å². The van der Waals surface area contributed by atoms with Crippen molar-refractivity contribution < 1.29 is 9.15 Å². The van der Waals surface area contributed by atoms with Crippen LogP contribution in [0.1, 0.15) is 57.1 Å². The van der Waals surface area contributed by atoms with Crippen molar-refractivity contribution >= 4 is 5.96 Å². The van der Waals surface area contributed by atoms with E-state index in [-0.39, 0.29) is 0 Å². The van der Waals surface area contributed by atoms with Crippen LogP contribution in [-0.2, 0) is 11.2 Å². The van der Waals surface area contributed by atoms with Crippen LogP contribution in [0.15, 0.2) is 27.8 Å². The van der Waals surface area contributed by atoms with Gasteiger partial charge in [-0.25, -0.2) is 0 Å². The Morgan fingerprint density at radius 3 is 2.69 bits per heavy atom. The highest BCUT2D eigenvalue weighted by Gasteiger charge is 2.26. The normalized spacial score (nSPS) is 25.4. The Labute approximate surface area is 175 Å². The summed E-state index contributed by atoms with van der Waals surface area (Å²) in [6.07, 6.45) is 13.2. The lowest BCUT2D eigenvalue weighted by Crippen LogP contribution is -2.51. The maximum Gasteiger partial charge on any atom is 0.191 e. The third-order valence-electron chi connectivity index (χ3n) is 6.74. The van der Waals surface area contributed by atoms with E-state index in [9.17, 15) is 0 Å². The summed E-state index contributed by atoms with van der Waals surface area (Å²) in [5, 5.41) is 7.25. The molecule has 2 aliphatic heterocycles. The van der Waals surface area contributed by atoms with Crippen molar-refractivity contribution in [2.75, 3.05) is 39.4 Å². The molecule has 3 heterocycles. The molecular formula is C23H38N4O2. The van der Waals surface area contributed by atoms with Gasteiger partial charge in [-0.15, -0.1) is 0 Å². The van der Waals surface area contributed by atoms with E-state index in [1.165, 1.54) is 58.0 Å². The van der Waals surface area contributed by atoms with Crippen LogP contribution in [0.2, 0.25) is 0 Å². The Bertz CT molecular complexity index is 598. The monoisotopic (exact) mass is 402 g/mol. The first-order chi connectivity index (χ1) is 14.4. The average Bonchev–Trinajstić information content (AvgIpc) is 3.47. The molecule has 2 N–H and O–H groups in total. The molecule has 0 spiro atoms. The zero-order valence-corrected chi connectivity index (χ0v) is 17.8. The summed E-state index contributed by atoms with van der Waals surface area (Å²) in [7, 11) is 0. The molecule has 2 saturated heterocycles. The number of likely N-dealkylation sites (tertiary alicyclic amines) is 1. The topological polar surface area (TPSA) is 62.0 Å². The largest absolute Gasteiger partial charge is 0.469 e. The maximum absolute atomic E-state index is 5.51. The zero-order chi connectivity index (χ0) is 19.7. The zero-order valence-electron chi connectivity index (χ0n) is 17.8. The lowest BCUT2D eigenvalue weighted by atomic mass is 9.92. The Balaban J connectivity index is 1.25. The second-order valence-electron chi connectivity index (χ2n) is 8.92. The number of rotatable bonds is 7. The molecule has 0 aromatic carbocycles. The quantitative estimate of drug-likeness (QED) is 0.542. The van der Waals surface area contributed by atoms with E-state index >= 15 is 0 Å². The third kappa shape index (κ3) is 6.48. The van der Waals surface area contributed by atoms with Gasteiger partial charge in [0.1, 0.15) is 5.76 Å². The van der Waals surface area contributed by atoms with E-state index in [1.807, 2.05) is 12.1 Å². The lowest BCUT2D eigenvalue weighted by Gasteiger charge is -2.39. The predicted molar refractivity (Wildman–Crippen MR) is 116 cm³/mol. The molecule has 1 aromatic rings. The number of hydrogen-bond acceptors (Lipinski definition) is 4. The van der Waals surface area contributed by atoms with Gasteiger partial charge < -0.3 is 24.7 Å². The first-order valence-corrected chi connectivity index (χ1v) is 11.8. The molecule has 0 amide bonds. The highest BCUT2D eigenvalue weighted by atomic mass is 16.5. The first kappa shape index (κ1) is 20.7. The number of ether oxygens (including phenoxy) is 1. The van der Waals surface area contributed by atoms with Crippen LogP contribution in [0.25, 0.3) is 0 Å². The molecule has 3 aliphatic rings. The maximum atomic E-state index is 5.51. The van der Waals surface area contributed by atoms with E-state index in [2.05, 4.69) is 15.5 Å². The molecule has 0 bridgehead atoms. The van der Waals surface area contributed by atoms with Gasteiger partial charge in [0.05, 0.1) is 12.9 Å². The third-order valence-corrected chi connectivity index (χ3v) is 6.74. The van der Waals surface area contributed by atoms with Crippen molar-refractivity contribution in [3.8, 4) is 0 Å². The summed E-state index contributed by atoms with van der Waals surface area (Å²) < 4.78 is 11.0. The van der Waals surface area contributed by atoms with Gasteiger partial charge >= 0.3 is 0 Å². The minimum absolute atomic E-state index is 0.518. The first-order valence-electron chi connectivity index (χ1n) is 11.8. The number of piperidine rings is 1. The van der Waals surface area contributed by atoms with Crippen molar-refractivity contribution in [1.29, 1.82) is 0 Å². The molecule has 1 unspecified atom stereocenters. The van der Waals surface area contributed by atoms with E-state index < -0.39 is 0 Å². The van der Waals surface area contributed by atoms with Gasteiger partial charge in [0.2, 0.25) is 0 Å². The van der Waals surface area contributed by atoms with E-state index in [0.717, 1.165) is 56.9 Å². The van der Waals surface area contributed by atoms with Crippen LogP contribution >= 0.6 is 0 Å². The van der Waals surface area contributed by atoms with Gasteiger partial charge in [-0.1, -0.05) is 19.3 Å². The highest BCUT2D eigenvalue weighted by molar-refractivity contribution is 5.80. The SMILES string of the molecule is c1coc(CCNC(=NCC2CCOC2)NC2CCN(C3CCCCC3)CC2)c1. The number of guanidine groups is 1. The summed E-state index contributed by atoms with van der Waals surface area (Å²) in [5.74, 6) is 2.54. The van der Waals surface area contributed by atoms with Crippen LogP contribution in [-0.4, -0.2) is 62.3 Å². The van der Waals surface area contributed by atoms with Crippen LogP contribution in [0.4, 0.5) is 0 Å². The number of hydrogen-bond donors (Lipinski definition) is 2. The molecule has 6 heteroatoms. The molecule has 3 fully saturated rings. The fourth-order valence-corrected chi connectivity index (χ4v) is 4.91. The summed E-state index contributed by atoms with van der Waals surface area (Å²) in [5.41, 5.74) is 0. The van der Waals surface area contributed by atoms with Crippen molar-refractivity contribution in [3.05, 3.63) is 24.2 Å². The van der Waals surface area contributed by atoms with Crippen molar-refractivity contribution in [3.63, 3.8) is 0 Å². The molecule has 29 heavy (non-hydrogen) atoms. The van der Waals surface area contributed by atoms with Gasteiger partial charge in [0.25, 0.3) is 0 Å². The van der Waals surface area contributed by atoms with Gasteiger partial charge in [-0.2, -0.15) is 0 Å². The summed E-state index contributed by atoms with van der Waals surface area (Å²) in [6, 6.07) is 5.34. The van der Waals surface area contributed by atoms with E-state index in [0.29, 0.717) is 12.0 Å². The van der Waals surface area contributed by atoms with E-state index in [4.69, 9.17) is 14.1 Å². The predicted octanol–water partition coefficient (Wildman–Crippen LogP) is 3.19. The summed E-state index contributed by atoms with van der Waals surface area (Å²) >= 11 is 0. The Morgan fingerprint density at radius 2 is 1.97 bits per heavy atom. The average molecular weight is 403 g/mol. The summed E-state index contributed by atoms with van der Waals surface area (Å²) in [4.78, 5) is 7.64. The van der Waals surface area contributed by atoms with E-state index in [1.54, 1.807) is 6.26 Å². The van der Waals surface area contributed by atoms with Gasteiger partial charge in [-0.05, 0) is 44.2 Å². The fourth-order valence-electron chi connectivity index (χ4n) is 4.91. The fraction of sp³-hybridized carbons (Fsp3) is 0.783. The Morgan fingerprint density at radius 1 is 1.10 bits per heavy atom. The Kier molecular flexibility index (Phi) is 7.88. The minimum Gasteiger partial charge on any atom is -0.469 e. The van der Waals surface area contributed by atoms with Crippen LogP contribution in [0.3, 0.4) is 0 Å². The standard InChI is InChI=1S/C23H38N4O2/c1-2-5-21(6-3-1)27-13-9-20(10-14-27)26-23(25-17-19-11-16-28-18-19)24-12-8-22-7-4-15-29-22/h4,7,15,19-21H,1-3,5-6,8-14,16-18H2,(H2,24,25,26). The molecular weight excluding hydrogens is 364 g/mol. The van der Waals surface area contributed by atoms with Gasteiger partial charge in [0, 0.05) is 57.2 Å². The Hall–Kier alpha value is -1.53.